The molecule has 0 saturated carbocycles. The first kappa shape index (κ1) is 18.4. The van der Waals surface area contributed by atoms with Crippen molar-refractivity contribution in [3.63, 3.8) is 0 Å². The normalized spacial score (nSPS) is 16.4. The molecule has 1 unspecified atom stereocenters. The molecule has 4 rings (SSSR count). The molecule has 0 saturated heterocycles. The van der Waals surface area contributed by atoms with Crippen molar-refractivity contribution in [1.82, 2.24) is 9.78 Å². The van der Waals surface area contributed by atoms with E-state index in [0.29, 0.717) is 12.1 Å². The number of benzene rings is 2. The molecule has 1 aliphatic rings. The van der Waals surface area contributed by atoms with Crippen LogP contribution in [0.3, 0.4) is 0 Å². The predicted octanol–water partition coefficient (Wildman–Crippen LogP) is 5.07. The van der Waals surface area contributed by atoms with E-state index in [2.05, 4.69) is 36.3 Å². The van der Waals surface area contributed by atoms with Crippen molar-refractivity contribution in [3.05, 3.63) is 82.4 Å². The Hall–Kier alpha value is -2.95. The molecular weight excluding hydrogens is 355 g/mol. The maximum absolute atomic E-state index is 13.4. The lowest BCUT2D eigenvalue weighted by Gasteiger charge is -2.19. The van der Waals surface area contributed by atoms with Gasteiger partial charge < -0.3 is 5.11 Å². The summed E-state index contributed by atoms with van der Waals surface area (Å²) in [7, 11) is 0. The Morgan fingerprint density at radius 2 is 1.86 bits per heavy atom. The molecule has 0 spiro atoms. The van der Waals surface area contributed by atoms with Crippen LogP contribution in [-0.2, 0) is 12.8 Å². The van der Waals surface area contributed by atoms with Gasteiger partial charge in [-0.3, -0.25) is 0 Å². The van der Waals surface area contributed by atoms with E-state index in [0.717, 1.165) is 36.9 Å². The number of halogens is 1. The number of aromatic carboxylic acids is 1. The fourth-order valence-corrected chi connectivity index (χ4v) is 4.12. The molecule has 0 aliphatic heterocycles. The highest BCUT2D eigenvalue weighted by molar-refractivity contribution is 5.87. The van der Waals surface area contributed by atoms with Gasteiger partial charge in [0.15, 0.2) is 5.69 Å². The van der Waals surface area contributed by atoms with Crippen molar-refractivity contribution in [3.8, 4) is 5.69 Å². The van der Waals surface area contributed by atoms with Gasteiger partial charge in [0.05, 0.1) is 11.4 Å². The number of fused-ring (bicyclic) bond motifs is 1. The van der Waals surface area contributed by atoms with Crippen molar-refractivity contribution >= 4 is 5.97 Å². The Morgan fingerprint density at radius 3 is 2.54 bits per heavy atom. The number of rotatable bonds is 4. The highest BCUT2D eigenvalue weighted by atomic mass is 19.1. The number of hydrogen-bond donors (Lipinski definition) is 1. The Kier molecular flexibility index (Phi) is 4.99. The molecular formula is C23H23FN2O2. The minimum Gasteiger partial charge on any atom is -0.476 e. The predicted molar refractivity (Wildman–Crippen MR) is 106 cm³/mol. The Balaban J connectivity index is 1.83. The van der Waals surface area contributed by atoms with Gasteiger partial charge in [0.2, 0.25) is 0 Å². The number of carbonyl (C=O) groups is 1. The average molecular weight is 378 g/mol. The van der Waals surface area contributed by atoms with Gasteiger partial charge in [0.25, 0.3) is 0 Å². The van der Waals surface area contributed by atoms with Gasteiger partial charge in [-0.05, 0) is 62.4 Å². The lowest BCUT2D eigenvalue weighted by atomic mass is 9.90. The quantitative estimate of drug-likeness (QED) is 0.645. The van der Waals surface area contributed by atoms with Crippen molar-refractivity contribution in [1.29, 1.82) is 0 Å². The maximum Gasteiger partial charge on any atom is 0.356 e. The van der Waals surface area contributed by atoms with E-state index >= 15 is 0 Å². The Morgan fingerprint density at radius 1 is 1.14 bits per heavy atom. The molecule has 0 fully saturated rings. The van der Waals surface area contributed by atoms with E-state index < -0.39 is 5.97 Å². The lowest BCUT2D eigenvalue weighted by molar-refractivity contribution is 0.0688. The first-order valence-corrected chi connectivity index (χ1v) is 9.69. The third-order valence-electron chi connectivity index (χ3n) is 5.52. The van der Waals surface area contributed by atoms with Gasteiger partial charge in [0.1, 0.15) is 5.82 Å². The summed E-state index contributed by atoms with van der Waals surface area (Å²) in [6.45, 7) is 2.07. The van der Waals surface area contributed by atoms with Crippen LogP contribution in [-0.4, -0.2) is 20.9 Å². The molecule has 1 heterocycles. The molecule has 2 aromatic carbocycles. The zero-order valence-electron chi connectivity index (χ0n) is 15.9. The summed E-state index contributed by atoms with van der Waals surface area (Å²) in [5.74, 6) is -1.16. The zero-order valence-corrected chi connectivity index (χ0v) is 15.9. The summed E-state index contributed by atoms with van der Waals surface area (Å²) in [5, 5.41) is 14.1. The Labute approximate surface area is 163 Å². The summed E-state index contributed by atoms with van der Waals surface area (Å²) >= 11 is 0. The summed E-state index contributed by atoms with van der Waals surface area (Å²) in [4.78, 5) is 11.9. The van der Waals surface area contributed by atoms with Gasteiger partial charge in [0, 0.05) is 11.5 Å². The fraction of sp³-hybridized carbons (Fsp3) is 0.304. The smallest absolute Gasteiger partial charge is 0.356 e. The van der Waals surface area contributed by atoms with Gasteiger partial charge in [-0.15, -0.1) is 0 Å². The van der Waals surface area contributed by atoms with Crippen LogP contribution in [0.1, 0.15) is 58.1 Å². The van der Waals surface area contributed by atoms with Crippen LogP contribution in [0, 0.1) is 12.7 Å². The molecule has 1 N–H and O–H groups in total. The highest BCUT2D eigenvalue weighted by Crippen LogP contribution is 2.36. The van der Waals surface area contributed by atoms with Gasteiger partial charge in [-0.1, -0.05) is 36.2 Å². The second-order valence-electron chi connectivity index (χ2n) is 7.54. The molecule has 1 aromatic heterocycles. The molecule has 0 bridgehead atoms. The molecule has 3 aromatic rings. The number of nitrogens with zero attached hydrogens (tertiary/aromatic N) is 2. The first-order valence-electron chi connectivity index (χ1n) is 9.69. The van der Waals surface area contributed by atoms with Gasteiger partial charge in [-0.2, -0.15) is 5.10 Å². The fourth-order valence-electron chi connectivity index (χ4n) is 4.12. The number of aryl methyl sites for hydroxylation is 1. The lowest BCUT2D eigenvalue weighted by Crippen LogP contribution is -2.11. The van der Waals surface area contributed by atoms with Crippen LogP contribution in [0.15, 0.2) is 48.5 Å². The number of aromatic nitrogens is 2. The van der Waals surface area contributed by atoms with Gasteiger partial charge >= 0.3 is 5.97 Å². The minimum absolute atomic E-state index is 0.120. The van der Waals surface area contributed by atoms with E-state index in [4.69, 9.17) is 0 Å². The number of carboxylic acid groups (broad SMARTS) is 1. The van der Waals surface area contributed by atoms with Crippen LogP contribution in [0.5, 0.6) is 0 Å². The SMILES string of the molecule is Cc1ccc(CC2CCCCc3c(C(=O)O)nn(-c4ccc(F)cc4)c32)cc1. The monoisotopic (exact) mass is 378 g/mol. The molecule has 0 radical (unpaired) electrons. The van der Waals surface area contributed by atoms with Crippen molar-refractivity contribution in [2.75, 3.05) is 0 Å². The van der Waals surface area contributed by atoms with E-state index in [1.807, 2.05) is 0 Å². The van der Waals surface area contributed by atoms with E-state index in [-0.39, 0.29) is 17.4 Å². The van der Waals surface area contributed by atoms with Crippen LogP contribution in [0.2, 0.25) is 0 Å². The second kappa shape index (κ2) is 7.58. The van der Waals surface area contributed by atoms with Crippen LogP contribution in [0.25, 0.3) is 5.69 Å². The third-order valence-corrected chi connectivity index (χ3v) is 5.52. The second-order valence-corrected chi connectivity index (χ2v) is 7.54. The molecule has 4 nitrogen and oxygen atoms in total. The standard InChI is InChI=1S/C23H23FN2O2/c1-15-6-8-16(9-7-15)14-17-4-2-3-5-20-21(23(27)28)25-26(22(17)20)19-12-10-18(24)11-13-19/h6-13,17H,2-5,14H2,1H3,(H,27,28). The highest BCUT2D eigenvalue weighted by Gasteiger charge is 2.30. The average Bonchev–Trinajstić information content (AvgIpc) is 2.94. The van der Waals surface area contributed by atoms with Crippen molar-refractivity contribution in [2.45, 2.75) is 44.9 Å². The summed E-state index contributed by atoms with van der Waals surface area (Å²) in [6.07, 6.45) is 4.52. The van der Waals surface area contributed by atoms with Crippen molar-refractivity contribution in [2.24, 2.45) is 0 Å². The zero-order chi connectivity index (χ0) is 19.7. The molecule has 144 valence electrons. The van der Waals surface area contributed by atoms with E-state index in [1.54, 1.807) is 16.8 Å². The number of hydrogen-bond acceptors (Lipinski definition) is 2. The topological polar surface area (TPSA) is 55.1 Å². The third kappa shape index (κ3) is 3.57. The van der Waals surface area contributed by atoms with E-state index in [1.165, 1.54) is 23.3 Å². The molecule has 1 atom stereocenters. The van der Waals surface area contributed by atoms with Crippen LogP contribution in [0.4, 0.5) is 4.39 Å². The van der Waals surface area contributed by atoms with Crippen molar-refractivity contribution < 1.29 is 14.3 Å². The summed E-state index contributed by atoms with van der Waals surface area (Å²) in [5.41, 5.74) is 5.05. The molecule has 28 heavy (non-hydrogen) atoms. The maximum atomic E-state index is 13.4. The van der Waals surface area contributed by atoms with Crippen LogP contribution >= 0.6 is 0 Å². The molecule has 1 aliphatic carbocycles. The van der Waals surface area contributed by atoms with E-state index in [9.17, 15) is 14.3 Å². The minimum atomic E-state index is -1.01. The molecule has 0 amide bonds. The first-order chi connectivity index (χ1) is 13.5. The summed E-state index contributed by atoms with van der Waals surface area (Å²) in [6, 6.07) is 14.6. The number of carboxylic acids is 1. The largest absolute Gasteiger partial charge is 0.476 e. The Bertz CT molecular complexity index is 991. The molecule has 5 heteroatoms. The summed E-state index contributed by atoms with van der Waals surface area (Å²) < 4.78 is 15.1. The van der Waals surface area contributed by atoms with Gasteiger partial charge in [-0.25, -0.2) is 13.9 Å². The van der Waals surface area contributed by atoms with Crippen LogP contribution < -0.4 is 0 Å².